The fraction of sp³-hybridized carbons (Fsp3) is 0.167. The number of hydrogen-bond acceptors (Lipinski definition) is 4. The highest BCUT2D eigenvalue weighted by Crippen LogP contribution is 2.34. The van der Waals surface area contributed by atoms with Crippen molar-refractivity contribution in [3.8, 4) is 22.6 Å². The summed E-state index contributed by atoms with van der Waals surface area (Å²) in [4.78, 5) is 10.8. The predicted molar refractivity (Wildman–Crippen MR) is 88.2 cm³/mol. The monoisotopic (exact) mass is 308 g/mol. The van der Waals surface area contributed by atoms with Crippen molar-refractivity contribution in [2.45, 2.75) is 20.8 Å². The molecular weight excluding hydrogens is 292 g/mol. The highest BCUT2D eigenvalue weighted by Gasteiger charge is 2.19. The van der Waals surface area contributed by atoms with Gasteiger partial charge in [0.1, 0.15) is 5.69 Å². The highest BCUT2D eigenvalue weighted by molar-refractivity contribution is 5.75. The van der Waals surface area contributed by atoms with Crippen molar-refractivity contribution in [2.75, 3.05) is 0 Å². The lowest BCUT2D eigenvalue weighted by molar-refractivity contribution is -0.384. The van der Waals surface area contributed by atoms with Crippen molar-refractivity contribution in [1.29, 1.82) is 0 Å². The van der Waals surface area contributed by atoms with Crippen LogP contribution >= 0.6 is 0 Å². The zero-order valence-electron chi connectivity index (χ0n) is 13.2. The van der Waals surface area contributed by atoms with Crippen molar-refractivity contribution < 1.29 is 9.45 Å². The molecule has 116 valence electrons. The van der Waals surface area contributed by atoms with Gasteiger partial charge in [0.25, 0.3) is 5.69 Å². The number of nitrogens with zero attached hydrogens (tertiary/aromatic N) is 2. The van der Waals surface area contributed by atoms with Gasteiger partial charge in [-0.1, -0.05) is 35.0 Å². The molecule has 23 heavy (non-hydrogen) atoms. The predicted octanol–water partition coefficient (Wildman–Crippen LogP) is 4.84. The number of nitro groups is 1. The number of nitro benzene ring substituents is 1. The van der Waals surface area contributed by atoms with Gasteiger partial charge in [0, 0.05) is 17.7 Å². The molecule has 0 N–H and O–H groups in total. The number of benzene rings is 2. The van der Waals surface area contributed by atoms with Gasteiger partial charge in [-0.2, -0.15) is 0 Å². The van der Waals surface area contributed by atoms with Crippen LogP contribution in [0, 0.1) is 30.9 Å². The van der Waals surface area contributed by atoms with Gasteiger partial charge in [0.15, 0.2) is 5.76 Å². The van der Waals surface area contributed by atoms with Crippen molar-refractivity contribution in [2.24, 2.45) is 0 Å². The maximum atomic E-state index is 11.2. The average molecular weight is 308 g/mol. The first kappa shape index (κ1) is 15.0. The van der Waals surface area contributed by atoms with Gasteiger partial charge in [0.05, 0.1) is 10.5 Å². The van der Waals surface area contributed by atoms with Crippen molar-refractivity contribution >= 4 is 5.69 Å². The summed E-state index contributed by atoms with van der Waals surface area (Å²) in [5.74, 6) is 0.619. The minimum atomic E-state index is -0.411. The second-order valence-corrected chi connectivity index (χ2v) is 5.62. The van der Waals surface area contributed by atoms with Crippen molar-refractivity contribution in [3.63, 3.8) is 0 Å². The van der Waals surface area contributed by atoms with E-state index in [2.05, 4.69) is 17.3 Å². The van der Waals surface area contributed by atoms with E-state index >= 15 is 0 Å². The lowest BCUT2D eigenvalue weighted by atomic mass is 9.97. The van der Waals surface area contributed by atoms with E-state index in [9.17, 15) is 10.1 Å². The second-order valence-electron chi connectivity index (χ2n) is 5.62. The third-order valence-corrected chi connectivity index (χ3v) is 3.81. The Bertz CT molecular complexity index is 874. The second kappa shape index (κ2) is 5.68. The molecule has 0 aliphatic rings. The van der Waals surface area contributed by atoms with E-state index in [1.807, 2.05) is 20.8 Å². The normalized spacial score (nSPS) is 10.7. The van der Waals surface area contributed by atoms with Crippen LogP contribution in [0.1, 0.15) is 16.7 Å². The Kier molecular flexibility index (Phi) is 3.70. The van der Waals surface area contributed by atoms with Crippen LogP contribution in [0.2, 0.25) is 0 Å². The van der Waals surface area contributed by atoms with Gasteiger partial charge in [-0.15, -0.1) is 0 Å². The Morgan fingerprint density at radius 2 is 1.70 bits per heavy atom. The summed E-state index contributed by atoms with van der Waals surface area (Å²) >= 11 is 0. The van der Waals surface area contributed by atoms with E-state index in [4.69, 9.17) is 4.52 Å². The van der Waals surface area contributed by atoms with Crippen LogP contribution in [0.25, 0.3) is 22.6 Å². The molecule has 0 radical (unpaired) electrons. The van der Waals surface area contributed by atoms with Gasteiger partial charge in [-0.05, 0) is 38.0 Å². The lowest BCUT2D eigenvalue weighted by Crippen LogP contribution is -1.91. The molecular formula is C18H16N2O3. The maximum absolute atomic E-state index is 11.2. The van der Waals surface area contributed by atoms with Crippen LogP contribution in [0.5, 0.6) is 0 Å². The first-order valence-electron chi connectivity index (χ1n) is 7.26. The van der Waals surface area contributed by atoms with Gasteiger partial charge in [0.2, 0.25) is 0 Å². The minimum Gasteiger partial charge on any atom is -0.356 e. The van der Waals surface area contributed by atoms with E-state index in [1.54, 1.807) is 24.3 Å². The van der Waals surface area contributed by atoms with Crippen LogP contribution in [-0.4, -0.2) is 10.1 Å². The molecule has 0 atom stereocenters. The largest absolute Gasteiger partial charge is 0.356 e. The molecule has 1 heterocycles. The molecule has 0 aliphatic heterocycles. The Morgan fingerprint density at radius 1 is 1.04 bits per heavy atom. The Hall–Kier alpha value is -2.95. The first-order chi connectivity index (χ1) is 11.0. The number of para-hydroxylation sites is 1. The minimum absolute atomic E-state index is 0.0182. The Balaban J connectivity index is 2.11. The van der Waals surface area contributed by atoms with Crippen LogP contribution in [0.4, 0.5) is 5.69 Å². The molecule has 2 aromatic carbocycles. The summed E-state index contributed by atoms with van der Waals surface area (Å²) in [6.07, 6.45) is 0. The third kappa shape index (κ3) is 2.73. The number of aryl methyl sites for hydroxylation is 3. The molecule has 0 saturated carbocycles. The number of aromatic nitrogens is 1. The zero-order valence-corrected chi connectivity index (χ0v) is 13.2. The fourth-order valence-corrected chi connectivity index (χ4v) is 2.94. The van der Waals surface area contributed by atoms with Gasteiger partial charge in [-0.3, -0.25) is 10.1 Å². The van der Waals surface area contributed by atoms with E-state index in [0.29, 0.717) is 17.0 Å². The Morgan fingerprint density at radius 3 is 2.35 bits per heavy atom. The molecule has 3 aromatic rings. The smallest absolute Gasteiger partial charge is 0.278 e. The summed E-state index contributed by atoms with van der Waals surface area (Å²) in [6, 6.07) is 12.4. The molecule has 3 rings (SSSR count). The number of rotatable bonds is 3. The summed E-state index contributed by atoms with van der Waals surface area (Å²) in [5.41, 5.74) is 5.28. The molecule has 0 aliphatic carbocycles. The SMILES string of the molecule is Cc1cc(C)c(-c2cc(-c3ccccc3[N+](=O)[O-])no2)c(C)c1. The molecule has 0 unspecified atom stereocenters. The van der Waals surface area contributed by atoms with Gasteiger partial charge >= 0.3 is 0 Å². The average Bonchev–Trinajstić information content (AvgIpc) is 2.95. The van der Waals surface area contributed by atoms with Gasteiger partial charge in [-0.25, -0.2) is 0 Å². The standard InChI is InChI=1S/C18H16N2O3/c1-11-8-12(2)18(13(3)9-11)17-10-15(19-23-17)14-6-4-5-7-16(14)20(21)22/h4-10H,1-3H3. The molecule has 0 spiro atoms. The van der Waals surface area contributed by atoms with E-state index in [-0.39, 0.29) is 5.69 Å². The van der Waals surface area contributed by atoms with E-state index < -0.39 is 4.92 Å². The molecule has 5 heteroatoms. The molecule has 5 nitrogen and oxygen atoms in total. The Labute approximate surface area is 133 Å². The summed E-state index contributed by atoms with van der Waals surface area (Å²) in [7, 11) is 0. The fourth-order valence-electron chi connectivity index (χ4n) is 2.94. The summed E-state index contributed by atoms with van der Waals surface area (Å²) < 4.78 is 5.47. The van der Waals surface area contributed by atoms with Crippen LogP contribution in [0.3, 0.4) is 0 Å². The maximum Gasteiger partial charge on any atom is 0.278 e. The molecule has 0 bridgehead atoms. The molecule has 0 amide bonds. The first-order valence-corrected chi connectivity index (χ1v) is 7.26. The van der Waals surface area contributed by atoms with Gasteiger partial charge < -0.3 is 4.52 Å². The quantitative estimate of drug-likeness (QED) is 0.512. The molecule has 1 aromatic heterocycles. The lowest BCUT2D eigenvalue weighted by Gasteiger charge is -2.07. The number of hydrogen-bond donors (Lipinski definition) is 0. The topological polar surface area (TPSA) is 69.2 Å². The van der Waals surface area contributed by atoms with Crippen molar-refractivity contribution in [1.82, 2.24) is 5.16 Å². The van der Waals surface area contributed by atoms with E-state index in [1.165, 1.54) is 11.6 Å². The van der Waals surface area contributed by atoms with Crippen LogP contribution in [0.15, 0.2) is 47.0 Å². The zero-order chi connectivity index (χ0) is 16.6. The highest BCUT2D eigenvalue weighted by atomic mass is 16.6. The van der Waals surface area contributed by atoms with Crippen LogP contribution in [-0.2, 0) is 0 Å². The molecule has 0 fully saturated rings. The van der Waals surface area contributed by atoms with Crippen molar-refractivity contribution in [3.05, 3.63) is 69.3 Å². The van der Waals surface area contributed by atoms with E-state index in [0.717, 1.165) is 16.7 Å². The third-order valence-electron chi connectivity index (χ3n) is 3.81. The molecule has 0 saturated heterocycles. The summed E-state index contributed by atoms with van der Waals surface area (Å²) in [5, 5.41) is 15.2. The summed E-state index contributed by atoms with van der Waals surface area (Å²) in [6.45, 7) is 6.08. The van der Waals surface area contributed by atoms with Crippen LogP contribution < -0.4 is 0 Å².